The second kappa shape index (κ2) is 2.46. The van der Waals surface area contributed by atoms with Gasteiger partial charge in [-0.2, -0.15) is 0 Å². The maximum absolute atomic E-state index is 5.42. The highest BCUT2D eigenvalue weighted by atomic mass is 16.5. The summed E-state index contributed by atoms with van der Waals surface area (Å²) in [6.45, 7) is 6.18. The van der Waals surface area contributed by atoms with Gasteiger partial charge in [0.15, 0.2) is 0 Å². The van der Waals surface area contributed by atoms with E-state index in [2.05, 4.69) is 19.2 Å². The molecule has 1 heterocycles. The molecule has 0 spiro atoms. The quantitative estimate of drug-likeness (QED) is 0.493. The van der Waals surface area contributed by atoms with Gasteiger partial charge in [-0.1, -0.05) is 0 Å². The second-order valence-corrected chi connectivity index (χ2v) is 2.42. The van der Waals surface area contributed by atoms with Crippen LogP contribution < -0.4 is 5.32 Å². The Balaban J connectivity index is 2.23. The van der Waals surface area contributed by atoms with Gasteiger partial charge in [-0.15, -0.1) is 0 Å². The summed E-state index contributed by atoms with van der Waals surface area (Å²) in [5.41, 5.74) is 0. The smallest absolute Gasteiger partial charge is 0.0675 e. The maximum atomic E-state index is 5.42. The van der Waals surface area contributed by atoms with Crippen LogP contribution in [0, 0.1) is 0 Å². The van der Waals surface area contributed by atoms with Gasteiger partial charge in [0.25, 0.3) is 0 Å². The Bertz CT molecular complexity index is 66.9. The van der Waals surface area contributed by atoms with Crippen LogP contribution in [0.4, 0.5) is 0 Å². The fraction of sp³-hybridized carbons (Fsp3) is 1.00. The van der Waals surface area contributed by atoms with E-state index in [9.17, 15) is 0 Å². The molecule has 2 nitrogen and oxygen atoms in total. The van der Waals surface area contributed by atoms with Gasteiger partial charge in [0.2, 0.25) is 0 Å². The summed E-state index contributed by atoms with van der Waals surface area (Å²) in [5, 5.41) is 3.26. The van der Waals surface area contributed by atoms with E-state index >= 15 is 0 Å². The lowest BCUT2D eigenvalue weighted by Gasteiger charge is -2.25. The fourth-order valence-electron chi connectivity index (χ4n) is 0.983. The van der Waals surface area contributed by atoms with E-state index in [1.54, 1.807) is 0 Å². The van der Waals surface area contributed by atoms with E-state index in [0.29, 0.717) is 12.2 Å². The van der Waals surface area contributed by atoms with Crippen LogP contribution >= 0.6 is 0 Å². The minimum atomic E-state index is 0.402. The van der Waals surface area contributed by atoms with Crippen molar-refractivity contribution < 1.29 is 4.74 Å². The lowest BCUT2D eigenvalue weighted by atomic mass is 10.3. The molecule has 0 aromatic heterocycles. The Morgan fingerprint density at radius 2 is 1.75 bits per heavy atom. The molecule has 0 aromatic carbocycles. The Kier molecular flexibility index (Phi) is 1.86. The van der Waals surface area contributed by atoms with Crippen molar-refractivity contribution >= 4 is 0 Å². The van der Waals surface area contributed by atoms with Crippen molar-refractivity contribution in [3.05, 3.63) is 0 Å². The maximum Gasteiger partial charge on any atom is 0.0675 e. The van der Waals surface area contributed by atoms with E-state index in [0.717, 1.165) is 13.1 Å². The van der Waals surface area contributed by atoms with Crippen molar-refractivity contribution in [2.24, 2.45) is 0 Å². The highest BCUT2D eigenvalue weighted by Gasteiger charge is 2.12. The zero-order chi connectivity index (χ0) is 5.98. The predicted molar refractivity (Wildman–Crippen MR) is 32.9 cm³/mol. The minimum Gasteiger partial charge on any atom is -0.373 e. The molecule has 1 fully saturated rings. The summed E-state index contributed by atoms with van der Waals surface area (Å²) in [6, 6.07) is 0. The normalized spacial score (nSPS) is 39.8. The molecule has 0 aliphatic carbocycles. The monoisotopic (exact) mass is 115 g/mol. The number of ether oxygens (including phenoxy) is 1. The molecule has 48 valence electrons. The third-order valence-corrected chi connectivity index (χ3v) is 1.33. The number of rotatable bonds is 0. The number of nitrogens with one attached hydrogen (secondary N) is 1. The first-order valence-electron chi connectivity index (χ1n) is 3.15. The summed E-state index contributed by atoms with van der Waals surface area (Å²) in [5.74, 6) is 0. The van der Waals surface area contributed by atoms with Gasteiger partial charge >= 0.3 is 0 Å². The van der Waals surface area contributed by atoms with Gasteiger partial charge in [-0.3, -0.25) is 0 Å². The number of hydrogen-bond donors (Lipinski definition) is 1. The average Bonchev–Trinajstić information content (AvgIpc) is 1.64. The molecule has 1 N–H and O–H groups in total. The largest absolute Gasteiger partial charge is 0.373 e. The van der Waals surface area contributed by atoms with Crippen molar-refractivity contribution in [3.8, 4) is 0 Å². The van der Waals surface area contributed by atoms with E-state index in [1.807, 2.05) is 0 Å². The Morgan fingerprint density at radius 3 is 2.00 bits per heavy atom. The van der Waals surface area contributed by atoms with E-state index in [4.69, 9.17) is 4.74 Å². The van der Waals surface area contributed by atoms with E-state index < -0.39 is 0 Å². The summed E-state index contributed by atoms with van der Waals surface area (Å²) in [4.78, 5) is 0. The molecule has 1 aliphatic heterocycles. The lowest BCUT2D eigenvalue weighted by molar-refractivity contribution is -0.0166. The van der Waals surface area contributed by atoms with Crippen LogP contribution in [-0.4, -0.2) is 25.3 Å². The fourth-order valence-corrected chi connectivity index (χ4v) is 0.983. The highest BCUT2D eigenvalue weighted by molar-refractivity contribution is 4.66. The van der Waals surface area contributed by atoms with E-state index in [-0.39, 0.29) is 0 Å². The zero-order valence-electron chi connectivity index (χ0n) is 5.48. The summed E-state index contributed by atoms with van der Waals surface area (Å²) in [6.07, 6.45) is 0.803. The van der Waals surface area contributed by atoms with Gasteiger partial charge in [0.1, 0.15) is 0 Å². The van der Waals surface area contributed by atoms with Crippen molar-refractivity contribution in [1.29, 1.82) is 0 Å². The molecule has 2 atom stereocenters. The summed E-state index contributed by atoms with van der Waals surface area (Å²) >= 11 is 0. The molecule has 1 unspecified atom stereocenters. The average molecular weight is 115 g/mol. The Morgan fingerprint density at radius 1 is 1.25 bits per heavy atom. The topological polar surface area (TPSA) is 21.3 Å². The van der Waals surface area contributed by atoms with Crippen molar-refractivity contribution in [2.75, 3.05) is 13.1 Å². The van der Waals surface area contributed by atoms with Crippen LogP contribution in [-0.2, 0) is 4.74 Å². The number of morpholine rings is 1. The Labute approximate surface area is 50.2 Å². The van der Waals surface area contributed by atoms with Gasteiger partial charge in [-0.25, -0.2) is 0 Å². The van der Waals surface area contributed by atoms with Gasteiger partial charge < -0.3 is 10.1 Å². The van der Waals surface area contributed by atoms with Crippen LogP contribution in [0.5, 0.6) is 0 Å². The molecule has 1 rings (SSSR count). The molecular weight excluding hydrogens is 102 g/mol. The molecule has 0 bridgehead atoms. The third kappa shape index (κ3) is 1.46. The van der Waals surface area contributed by atoms with Crippen LogP contribution in [0.3, 0.4) is 0 Å². The van der Waals surface area contributed by atoms with Crippen molar-refractivity contribution in [2.45, 2.75) is 26.1 Å². The third-order valence-electron chi connectivity index (χ3n) is 1.33. The highest BCUT2D eigenvalue weighted by Crippen LogP contribution is 2.00. The standard InChI is InChI=1S/C6H13NO/c1-5-3-7-4-6(2)8-5/h5-7H,3-4H2,1-2H3/t5-,6?/m1/s1. The SMILES string of the molecule is CC1CNC[C@@H](C)O1. The molecule has 0 saturated carbocycles. The zero-order valence-corrected chi connectivity index (χ0v) is 5.48. The molecule has 1 aliphatic rings. The van der Waals surface area contributed by atoms with E-state index in [1.165, 1.54) is 0 Å². The van der Waals surface area contributed by atoms with Gasteiger partial charge in [-0.05, 0) is 13.8 Å². The summed E-state index contributed by atoms with van der Waals surface area (Å²) < 4.78 is 5.42. The van der Waals surface area contributed by atoms with Gasteiger partial charge in [0, 0.05) is 13.1 Å². The molecule has 0 radical (unpaired) electrons. The van der Waals surface area contributed by atoms with Crippen LogP contribution in [0.15, 0.2) is 0 Å². The first kappa shape index (κ1) is 6.05. The minimum absolute atomic E-state index is 0.402. The summed E-state index contributed by atoms with van der Waals surface area (Å²) in [7, 11) is 0. The van der Waals surface area contributed by atoms with Crippen LogP contribution in [0.1, 0.15) is 13.8 Å². The molecular formula is C6H13NO. The molecule has 2 heteroatoms. The molecule has 0 aromatic rings. The lowest BCUT2D eigenvalue weighted by Crippen LogP contribution is -2.41. The molecule has 0 amide bonds. The second-order valence-electron chi connectivity index (χ2n) is 2.42. The van der Waals surface area contributed by atoms with Crippen LogP contribution in [0.25, 0.3) is 0 Å². The van der Waals surface area contributed by atoms with Gasteiger partial charge in [0.05, 0.1) is 12.2 Å². The molecule has 8 heavy (non-hydrogen) atoms. The molecule has 1 saturated heterocycles. The number of hydrogen-bond acceptors (Lipinski definition) is 2. The van der Waals surface area contributed by atoms with Crippen LogP contribution in [0.2, 0.25) is 0 Å². The van der Waals surface area contributed by atoms with Crippen molar-refractivity contribution in [3.63, 3.8) is 0 Å². The Hall–Kier alpha value is -0.0800. The first-order valence-corrected chi connectivity index (χ1v) is 3.15. The predicted octanol–water partition coefficient (Wildman–Crippen LogP) is 0.383. The first-order chi connectivity index (χ1) is 3.79. The van der Waals surface area contributed by atoms with Crippen molar-refractivity contribution in [1.82, 2.24) is 5.32 Å².